The summed E-state index contributed by atoms with van der Waals surface area (Å²) in [5.74, 6) is 0. The number of nitrogens with zero attached hydrogens (tertiary/aromatic N) is 1. The number of aromatic nitrogens is 1. The molecule has 1 heterocycles. The molecule has 0 saturated heterocycles. The first-order valence-corrected chi connectivity index (χ1v) is 7.04. The highest BCUT2D eigenvalue weighted by Gasteiger charge is 2.13. The molecule has 0 aliphatic heterocycles. The van der Waals surface area contributed by atoms with Crippen molar-refractivity contribution in [2.45, 2.75) is 4.90 Å². The fourth-order valence-electron chi connectivity index (χ4n) is 1.27. The van der Waals surface area contributed by atoms with Gasteiger partial charge >= 0.3 is 0 Å². The van der Waals surface area contributed by atoms with Crippen molar-refractivity contribution < 1.29 is 8.42 Å². The van der Waals surface area contributed by atoms with Crippen LogP contribution in [0.1, 0.15) is 0 Å². The average molecular weight is 313 g/mol. The van der Waals surface area contributed by atoms with Crippen LogP contribution in [-0.2, 0) is 10.0 Å². The van der Waals surface area contributed by atoms with Gasteiger partial charge in [0, 0.05) is 22.6 Å². The summed E-state index contributed by atoms with van der Waals surface area (Å²) >= 11 is 3.28. The Labute approximate surface area is 108 Å². The maximum Gasteiger partial charge on any atom is 0.263 e. The molecule has 1 N–H and O–H groups in total. The van der Waals surface area contributed by atoms with Gasteiger partial charge in [0.2, 0.25) is 0 Å². The Bertz CT molecular complexity index is 614. The highest BCUT2D eigenvalue weighted by atomic mass is 79.9. The van der Waals surface area contributed by atoms with Gasteiger partial charge in [-0.05, 0) is 30.3 Å². The maximum absolute atomic E-state index is 11.9. The molecular formula is C11H9BrN2O2S. The second kappa shape index (κ2) is 4.85. The Kier molecular flexibility index (Phi) is 3.44. The molecule has 1 aromatic heterocycles. The van der Waals surface area contributed by atoms with Crippen LogP contribution in [0.25, 0.3) is 0 Å². The fraction of sp³-hybridized carbons (Fsp3) is 0. The summed E-state index contributed by atoms with van der Waals surface area (Å²) in [5.41, 5.74) is 0.503. The van der Waals surface area contributed by atoms with Crippen LogP contribution in [0.15, 0.2) is 58.2 Å². The topological polar surface area (TPSA) is 59.1 Å². The SMILES string of the molecule is O=S(=O)(Nc1cccc(Br)c1)c1cccnc1. The summed E-state index contributed by atoms with van der Waals surface area (Å²) in [6.07, 6.45) is 2.83. The van der Waals surface area contributed by atoms with Gasteiger partial charge in [-0.3, -0.25) is 9.71 Å². The van der Waals surface area contributed by atoms with Gasteiger partial charge in [0.25, 0.3) is 10.0 Å². The Morgan fingerprint density at radius 2 is 2.00 bits per heavy atom. The zero-order valence-corrected chi connectivity index (χ0v) is 11.1. The normalized spacial score (nSPS) is 11.1. The number of anilines is 1. The minimum Gasteiger partial charge on any atom is -0.280 e. The molecule has 0 saturated carbocycles. The van der Waals surface area contributed by atoms with E-state index in [0.29, 0.717) is 5.69 Å². The smallest absolute Gasteiger partial charge is 0.263 e. The average Bonchev–Trinajstić information content (AvgIpc) is 2.29. The summed E-state index contributed by atoms with van der Waals surface area (Å²) < 4.78 is 27.2. The van der Waals surface area contributed by atoms with Crippen LogP contribution in [0.2, 0.25) is 0 Å². The van der Waals surface area contributed by atoms with Crippen LogP contribution in [0.4, 0.5) is 5.69 Å². The number of halogens is 1. The van der Waals surface area contributed by atoms with Gasteiger partial charge in [0.1, 0.15) is 4.90 Å². The van der Waals surface area contributed by atoms with E-state index < -0.39 is 10.0 Å². The van der Waals surface area contributed by atoms with Crippen LogP contribution in [-0.4, -0.2) is 13.4 Å². The van der Waals surface area contributed by atoms with E-state index in [2.05, 4.69) is 25.6 Å². The Morgan fingerprint density at radius 3 is 2.65 bits per heavy atom. The third-order valence-corrected chi connectivity index (χ3v) is 3.88. The van der Waals surface area contributed by atoms with Crippen molar-refractivity contribution in [3.8, 4) is 0 Å². The zero-order valence-electron chi connectivity index (χ0n) is 8.67. The second-order valence-corrected chi connectivity index (χ2v) is 5.90. The molecule has 1 aromatic carbocycles. The largest absolute Gasteiger partial charge is 0.280 e. The highest BCUT2D eigenvalue weighted by molar-refractivity contribution is 9.10. The van der Waals surface area contributed by atoms with Crippen LogP contribution >= 0.6 is 15.9 Å². The van der Waals surface area contributed by atoms with Gasteiger partial charge < -0.3 is 0 Å². The van der Waals surface area contributed by atoms with Crippen LogP contribution < -0.4 is 4.72 Å². The standard InChI is InChI=1S/C11H9BrN2O2S/c12-9-3-1-4-10(7-9)14-17(15,16)11-5-2-6-13-8-11/h1-8,14H. The molecule has 0 fully saturated rings. The lowest BCUT2D eigenvalue weighted by atomic mass is 10.3. The molecule has 4 nitrogen and oxygen atoms in total. The fourth-order valence-corrected chi connectivity index (χ4v) is 2.68. The molecule has 0 bridgehead atoms. The van der Waals surface area contributed by atoms with Crippen molar-refractivity contribution >= 4 is 31.6 Å². The first kappa shape index (κ1) is 12.1. The molecule has 0 aliphatic carbocycles. The van der Waals surface area contributed by atoms with Gasteiger partial charge in [-0.15, -0.1) is 0 Å². The third-order valence-electron chi connectivity index (χ3n) is 2.02. The summed E-state index contributed by atoms with van der Waals surface area (Å²) in [4.78, 5) is 3.92. The van der Waals surface area contributed by atoms with E-state index in [-0.39, 0.29) is 4.90 Å². The second-order valence-electron chi connectivity index (χ2n) is 3.30. The molecule has 0 amide bonds. The van der Waals surface area contributed by atoms with E-state index in [1.165, 1.54) is 18.5 Å². The van der Waals surface area contributed by atoms with Crippen molar-refractivity contribution in [3.05, 3.63) is 53.3 Å². The Morgan fingerprint density at radius 1 is 1.18 bits per heavy atom. The third kappa shape index (κ3) is 3.04. The van der Waals surface area contributed by atoms with Crippen LogP contribution in [0.5, 0.6) is 0 Å². The van der Waals surface area contributed by atoms with Crippen molar-refractivity contribution in [2.24, 2.45) is 0 Å². The van der Waals surface area contributed by atoms with Gasteiger partial charge in [-0.2, -0.15) is 0 Å². The van der Waals surface area contributed by atoms with Gasteiger partial charge in [-0.25, -0.2) is 8.42 Å². The molecule has 88 valence electrons. The summed E-state index contributed by atoms with van der Waals surface area (Å²) in [5, 5.41) is 0. The van der Waals surface area contributed by atoms with E-state index in [4.69, 9.17) is 0 Å². The number of nitrogens with one attached hydrogen (secondary N) is 1. The van der Waals surface area contributed by atoms with Crippen molar-refractivity contribution in [1.82, 2.24) is 4.98 Å². The maximum atomic E-state index is 11.9. The quantitative estimate of drug-likeness (QED) is 0.947. The number of hydrogen-bond acceptors (Lipinski definition) is 3. The van der Waals surface area contributed by atoms with E-state index >= 15 is 0 Å². The number of rotatable bonds is 3. The van der Waals surface area contributed by atoms with Gasteiger partial charge in [0.15, 0.2) is 0 Å². The minimum atomic E-state index is -3.56. The monoisotopic (exact) mass is 312 g/mol. The predicted octanol–water partition coefficient (Wildman–Crippen LogP) is 2.64. The molecule has 0 aliphatic rings. The van der Waals surface area contributed by atoms with Gasteiger partial charge in [0.05, 0.1) is 0 Å². The molecule has 2 rings (SSSR count). The first-order chi connectivity index (χ1) is 8.08. The zero-order chi connectivity index (χ0) is 12.3. The Balaban J connectivity index is 2.30. The summed E-state index contributed by atoms with van der Waals surface area (Å²) in [6, 6.07) is 10.0. The molecule has 0 spiro atoms. The van der Waals surface area contributed by atoms with E-state index in [0.717, 1.165) is 4.47 Å². The van der Waals surface area contributed by atoms with Crippen LogP contribution in [0, 0.1) is 0 Å². The summed E-state index contributed by atoms with van der Waals surface area (Å²) in [7, 11) is -3.56. The number of benzene rings is 1. The van der Waals surface area contributed by atoms with E-state index in [1.807, 2.05) is 6.07 Å². The van der Waals surface area contributed by atoms with E-state index in [9.17, 15) is 8.42 Å². The predicted molar refractivity (Wildman–Crippen MR) is 69.2 cm³/mol. The highest BCUT2D eigenvalue weighted by Crippen LogP contribution is 2.19. The molecule has 0 unspecified atom stereocenters. The Hall–Kier alpha value is -1.40. The number of hydrogen-bond donors (Lipinski definition) is 1. The molecule has 6 heteroatoms. The van der Waals surface area contributed by atoms with Gasteiger partial charge in [-0.1, -0.05) is 22.0 Å². The molecular weight excluding hydrogens is 304 g/mol. The molecule has 0 atom stereocenters. The molecule has 0 radical (unpaired) electrons. The first-order valence-electron chi connectivity index (χ1n) is 4.76. The lowest BCUT2D eigenvalue weighted by Gasteiger charge is -2.07. The van der Waals surface area contributed by atoms with Crippen molar-refractivity contribution in [3.63, 3.8) is 0 Å². The van der Waals surface area contributed by atoms with Crippen molar-refractivity contribution in [1.29, 1.82) is 0 Å². The lowest BCUT2D eigenvalue weighted by Crippen LogP contribution is -2.12. The van der Waals surface area contributed by atoms with Crippen molar-refractivity contribution in [2.75, 3.05) is 4.72 Å². The molecule has 17 heavy (non-hydrogen) atoms. The lowest BCUT2D eigenvalue weighted by molar-refractivity contribution is 0.601. The summed E-state index contributed by atoms with van der Waals surface area (Å²) in [6.45, 7) is 0. The van der Waals surface area contributed by atoms with Crippen LogP contribution in [0.3, 0.4) is 0 Å². The van der Waals surface area contributed by atoms with E-state index in [1.54, 1.807) is 24.3 Å². The number of sulfonamides is 1. The number of pyridine rings is 1. The minimum absolute atomic E-state index is 0.139. The molecule has 2 aromatic rings.